The number of hydrogen-bond donors (Lipinski definition) is 7. The lowest BCUT2D eigenvalue weighted by Crippen LogP contribution is -2.62. The van der Waals surface area contributed by atoms with Crippen LogP contribution in [0.3, 0.4) is 0 Å². The largest absolute Gasteiger partial charge is 0.508 e. The van der Waals surface area contributed by atoms with Gasteiger partial charge in [0.05, 0.1) is 26.2 Å². The number of phenols is 2. The highest BCUT2D eigenvalue weighted by atomic mass is 16.7. The number of aliphatic hydroxyl groups is 5. The van der Waals surface area contributed by atoms with Gasteiger partial charge in [0, 0.05) is 18.2 Å². The number of ether oxygens (including phenoxy) is 7. The van der Waals surface area contributed by atoms with Crippen molar-refractivity contribution in [1.29, 1.82) is 0 Å². The van der Waals surface area contributed by atoms with Crippen molar-refractivity contribution in [3.63, 3.8) is 0 Å². The number of Topliss-reactive ketones (excluding diaryl/α,β-unsaturated/α-hetero) is 1. The quantitative estimate of drug-likeness (QED) is 0.114. The van der Waals surface area contributed by atoms with Crippen LogP contribution in [0.1, 0.15) is 40.9 Å². The number of carbonyl (C=O) groups excluding carboxylic acids is 2. The van der Waals surface area contributed by atoms with E-state index < -0.39 is 91.6 Å². The Morgan fingerprint density at radius 3 is 2.26 bits per heavy atom. The highest BCUT2D eigenvalue weighted by Gasteiger charge is 2.49. The first kappa shape index (κ1) is 38.0. The molecule has 0 bridgehead atoms. The van der Waals surface area contributed by atoms with Crippen LogP contribution in [-0.4, -0.2) is 123 Å². The Balaban J connectivity index is 1.22. The average molecular weight is 741 g/mol. The molecule has 0 spiro atoms. The van der Waals surface area contributed by atoms with Gasteiger partial charge in [-0.25, -0.2) is 4.79 Å². The zero-order chi connectivity index (χ0) is 38.0. The van der Waals surface area contributed by atoms with E-state index in [9.17, 15) is 45.3 Å². The molecule has 53 heavy (non-hydrogen) atoms. The molecule has 3 aliphatic heterocycles. The second-order valence-electron chi connectivity index (χ2n) is 12.8. The molecule has 3 aromatic carbocycles. The molecule has 6 rings (SSSR count). The number of carbonyl (C=O) groups is 2. The van der Waals surface area contributed by atoms with E-state index in [0.717, 1.165) is 12.1 Å². The molecule has 3 aliphatic rings. The molecule has 16 heteroatoms. The van der Waals surface area contributed by atoms with Gasteiger partial charge in [-0.05, 0) is 48.4 Å². The Morgan fingerprint density at radius 2 is 1.57 bits per heavy atom. The highest BCUT2D eigenvalue weighted by Crippen LogP contribution is 2.43. The summed E-state index contributed by atoms with van der Waals surface area (Å²) >= 11 is 0. The molecule has 0 aromatic heterocycles. The van der Waals surface area contributed by atoms with Crippen LogP contribution in [0.4, 0.5) is 0 Å². The summed E-state index contributed by atoms with van der Waals surface area (Å²) in [4.78, 5) is 26.0. The summed E-state index contributed by atoms with van der Waals surface area (Å²) in [5.41, 5.74) is 1.13. The maximum absolute atomic E-state index is 13.1. The number of aromatic hydroxyl groups is 2. The molecule has 0 aliphatic carbocycles. The lowest BCUT2D eigenvalue weighted by molar-refractivity contribution is -0.319. The van der Waals surface area contributed by atoms with Crippen LogP contribution in [0.15, 0.2) is 66.7 Å². The van der Waals surface area contributed by atoms with Crippen molar-refractivity contribution in [2.45, 2.75) is 80.9 Å². The Morgan fingerprint density at radius 1 is 0.849 bits per heavy atom. The second-order valence-corrected chi connectivity index (χ2v) is 12.8. The monoisotopic (exact) mass is 740 g/mol. The van der Waals surface area contributed by atoms with E-state index in [2.05, 4.69) is 0 Å². The number of esters is 1. The van der Waals surface area contributed by atoms with Crippen LogP contribution in [0.25, 0.3) is 6.08 Å². The highest BCUT2D eigenvalue weighted by molar-refractivity contribution is 6.02. The SMILES string of the molecule is COc1ccc(C2CC(=O)c3c(O)cc(OC4OC(COC5OC(C)C(O)C(O)C5O)C(O)C(OC(=O)C=Cc5ccc(O)cc5)C4O)cc3O2)cc1. The van der Waals surface area contributed by atoms with Gasteiger partial charge in [-0.2, -0.15) is 0 Å². The van der Waals surface area contributed by atoms with Gasteiger partial charge >= 0.3 is 5.97 Å². The Bertz CT molecular complexity index is 1780. The minimum absolute atomic E-state index is 0.0112. The minimum atomic E-state index is -1.84. The number of aliphatic hydroxyl groups excluding tert-OH is 5. The van der Waals surface area contributed by atoms with Crippen molar-refractivity contribution in [2.24, 2.45) is 0 Å². The van der Waals surface area contributed by atoms with Gasteiger partial charge < -0.3 is 68.9 Å². The van der Waals surface area contributed by atoms with Crippen molar-refractivity contribution >= 4 is 17.8 Å². The van der Waals surface area contributed by atoms with E-state index in [-0.39, 0.29) is 29.2 Å². The van der Waals surface area contributed by atoms with E-state index in [0.29, 0.717) is 16.9 Å². The summed E-state index contributed by atoms with van der Waals surface area (Å²) in [6.07, 6.45) is -13.8. The Kier molecular flexibility index (Phi) is 11.5. The molecule has 0 radical (unpaired) electrons. The number of rotatable bonds is 10. The van der Waals surface area contributed by atoms with Crippen molar-refractivity contribution in [3.05, 3.63) is 83.4 Å². The van der Waals surface area contributed by atoms with Crippen LogP contribution >= 0.6 is 0 Å². The molecular formula is C37H40O16. The summed E-state index contributed by atoms with van der Waals surface area (Å²) in [6, 6.07) is 15.2. The normalized spacial score (nSPS) is 31.4. The van der Waals surface area contributed by atoms with Crippen molar-refractivity contribution in [3.8, 4) is 28.7 Å². The van der Waals surface area contributed by atoms with E-state index in [1.165, 1.54) is 50.4 Å². The zero-order valence-corrected chi connectivity index (χ0v) is 28.5. The van der Waals surface area contributed by atoms with Gasteiger partial charge in [-0.15, -0.1) is 0 Å². The molecule has 16 nitrogen and oxygen atoms in total. The summed E-state index contributed by atoms with van der Waals surface area (Å²) < 4.78 is 39.6. The minimum Gasteiger partial charge on any atom is -0.508 e. The number of phenolic OH excluding ortho intramolecular Hbond substituents is 2. The lowest BCUT2D eigenvalue weighted by atomic mass is 9.95. The third-order valence-corrected chi connectivity index (χ3v) is 9.15. The molecule has 2 fully saturated rings. The van der Waals surface area contributed by atoms with E-state index in [4.69, 9.17) is 33.2 Å². The standard InChI is InChI=1S/C37H40O16/c1-17-30(42)32(44)33(45)36(49-17)48-16-27-31(43)35(53-28(41)12-5-18-3-8-20(38)9-4-18)34(46)37(52-27)50-22-13-23(39)29-24(40)15-25(51-26(29)14-22)19-6-10-21(47-2)11-7-19/h3-14,17,25,27,30-39,42-46H,15-16H2,1-2H3. The van der Waals surface area contributed by atoms with Gasteiger partial charge in [-0.1, -0.05) is 24.3 Å². The van der Waals surface area contributed by atoms with Gasteiger partial charge in [0.15, 0.2) is 24.3 Å². The summed E-state index contributed by atoms with van der Waals surface area (Å²) in [5.74, 6) is -1.34. The summed E-state index contributed by atoms with van der Waals surface area (Å²) in [7, 11) is 1.52. The number of ketones is 1. The lowest BCUT2D eigenvalue weighted by Gasteiger charge is -2.43. The maximum Gasteiger partial charge on any atom is 0.331 e. The molecule has 7 N–H and O–H groups in total. The van der Waals surface area contributed by atoms with Crippen LogP contribution < -0.4 is 14.2 Å². The molecule has 3 aromatic rings. The summed E-state index contributed by atoms with van der Waals surface area (Å²) in [6.45, 7) is 0.896. The molecular weight excluding hydrogens is 700 g/mol. The third-order valence-electron chi connectivity index (χ3n) is 9.15. The molecule has 0 saturated carbocycles. The number of hydrogen-bond acceptors (Lipinski definition) is 16. The fourth-order valence-electron chi connectivity index (χ4n) is 6.16. The van der Waals surface area contributed by atoms with Crippen LogP contribution in [0.2, 0.25) is 0 Å². The van der Waals surface area contributed by atoms with Gasteiger partial charge in [0.1, 0.15) is 70.9 Å². The Labute approximate surface area is 302 Å². The third kappa shape index (κ3) is 8.40. The first-order valence-electron chi connectivity index (χ1n) is 16.7. The first-order chi connectivity index (χ1) is 25.3. The second kappa shape index (κ2) is 16.1. The average Bonchev–Trinajstić information content (AvgIpc) is 3.14. The fourth-order valence-corrected chi connectivity index (χ4v) is 6.16. The van der Waals surface area contributed by atoms with E-state index in [1.807, 2.05) is 0 Å². The predicted molar refractivity (Wildman–Crippen MR) is 180 cm³/mol. The Hall–Kier alpha value is -4.78. The maximum atomic E-state index is 13.1. The number of benzene rings is 3. The first-order valence-corrected chi connectivity index (χ1v) is 16.7. The smallest absolute Gasteiger partial charge is 0.331 e. The van der Waals surface area contributed by atoms with Gasteiger partial charge in [0.25, 0.3) is 0 Å². The topological polar surface area (TPSA) is 240 Å². The molecule has 2 saturated heterocycles. The molecule has 11 unspecified atom stereocenters. The summed E-state index contributed by atoms with van der Waals surface area (Å²) in [5, 5.41) is 73.6. The van der Waals surface area contributed by atoms with Gasteiger partial charge in [0.2, 0.25) is 6.29 Å². The fraction of sp³-hybridized carbons (Fsp3) is 0.405. The van der Waals surface area contributed by atoms with Gasteiger partial charge in [-0.3, -0.25) is 4.79 Å². The van der Waals surface area contributed by atoms with Crippen LogP contribution in [-0.2, 0) is 23.7 Å². The van der Waals surface area contributed by atoms with Crippen molar-refractivity contribution in [1.82, 2.24) is 0 Å². The predicted octanol–water partition coefficient (Wildman–Crippen LogP) is 1.11. The van der Waals surface area contributed by atoms with Crippen molar-refractivity contribution in [2.75, 3.05) is 13.7 Å². The van der Waals surface area contributed by atoms with Crippen LogP contribution in [0, 0.1) is 0 Å². The van der Waals surface area contributed by atoms with E-state index in [1.54, 1.807) is 24.3 Å². The number of methoxy groups -OCH3 is 1. The number of fused-ring (bicyclic) bond motifs is 1. The van der Waals surface area contributed by atoms with Crippen molar-refractivity contribution < 1.29 is 78.5 Å². The van der Waals surface area contributed by atoms with E-state index >= 15 is 0 Å². The van der Waals surface area contributed by atoms with Crippen LogP contribution in [0.5, 0.6) is 28.7 Å². The molecule has 3 heterocycles. The molecule has 284 valence electrons. The molecule has 11 atom stereocenters. The zero-order valence-electron chi connectivity index (χ0n) is 28.5. The molecule has 0 amide bonds.